The number of rotatable bonds is 16. The fourth-order valence-corrected chi connectivity index (χ4v) is 5.38. The summed E-state index contributed by atoms with van der Waals surface area (Å²) in [6, 6.07) is 39.8. The van der Waals surface area contributed by atoms with Crippen LogP contribution in [0.25, 0.3) is 0 Å². The van der Waals surface area contributed by atoms with Crippen LogP contribution in [0.5, 0.6) is 0 Å². The summed E-state index contributed by atoms with van der Waals surface area (Å²) >= 11 is 0. The van der Waals surface area contributed by atoms with Crippen molar-refractivity contribution in [3.63, 3.8) is 0 Å². The number of hydrogen-bond acceptors (Lipinski definition) is 6. The third-order valence-corrected chi connectivity index (χ3v) is 7.62. The Morgan fingerprint density at radius 3 is 1.36 bits per heavy atom. The van der Waals surface area contributed by atoms with Gasteiger partial charge in [0.15, 0.2) is 0 Å². The maximum Gasteiger partial charge on any atom is 0.303 e. The van der Waals surface area contributed by atoms with Crippen LogP contribution < -0.4 is 0 Å². The first-order valence-corrected chi connectivity index (χ1v) is 15.1. The Labute approximate surface area is 259 Å². The first-order valence-electron chi connectivity index (χ1n) is 15.1. The highest BCUT2D eigenvalue weighted by Gasteiger charge is 2.48. The fourth-order valence-electron chi connectivity index (χ4n) is 5.38. The van der Waals surface area contributed by atoms with Gasteiger partial charge in [-0.3, -0.25) is 4.79 Å². The van der Waals surface area contributed by atoms with Crippen molar-refractivity contribution in [2.45, 2.75) is 69.8 Å². The number of ether oxygens (including phenoxy) is 5. The average molecular weight is 597 g/mol. The molecule has 0 radical (unpaired) electrons. The van der Waals surface area contributed by atoms with Gasteiger partial charge < -0.3 is 28.8 Å². The predicted molar refractivity (Wildman–Crippen MR) is 167 cm³/mol. The summed E-state index contributed by atoms with van der Waals surface area (Å²) in [6.07, 6.45) is -2.54. The Morgan fingerprint density at radius 1 is 0.545 bits per heavy atom. The molecule has 1 aliphatic rings. The van der Waals surface area contributed by atoms with Crippen LogP contribution in [0.1, 0.15) is 35.1 Å². The molecule has 0 bridgehead atoms. The summed E-state index contributed by atoms with van der Waals surface area (Å²) in [7, 11) is 0. The Balaban J connectivity index is 1.42. The topological polar surface area (TPSA) is 83.5 Å². The molecular formula is C37H40O7. The van der Waals surface area contributed by atoms with Crippen molar-refractivity contribution in [2.75, 3.05) is 6.61 Å². The summed E-state index contributed by atoms with van der Waals surface area (Å²) in [6.45, 7) is 1.67. The molecule has 5 rings (SSSR count). The highest BCUT2D eigenvalue weighted by Crippen LogP contribution is 2.33. The first kappa shape index (κ1) is 31.6. The number of carboxylic acids is 1. The third kappa shape index (κ3) is 9.58. The minimum Gasteiger partial charge on any atom is -0.481 e. The molecule has 1 aliphatic heterocycles. The number of carbonyl (C=O) groups is 1. The number of carboxylic acid groups (broad SMARTS) is 1. The molecule has 7 heteroatoms. The van der Waals surface area contributed by atoms with Crippen LogP contribution >= 0.6 is 0 Å². The molecule has 44 heavy (non-hydrogen) atoms. The Bertz CT molecular complexity index is 1370. The second-order valence-electron chi connectivity index (χ2n) is 10.9. The highest BCUT2D eigenvalue weighted by molar-refractivity contribution is 5.66. The summed E-state index contributed by atoms with van der Waals surface area (Å²) < 4.78 is 32.7. The highest BCUT2D eigenvalue weighted by atomic mass is 16.6. The van der Waals surface area contributed by atoms with E-state index in [2.05, 4.69) is 0 Å². The van der Waals surface area contributed by atoms with Gasteiger partial charge in [-0.2, -0.15) is 0 Å². The Morgan fingerprint density at radius 2 is 0.932 bits per heavy atom. The zero-order valence-electron chi connectivity index (χ0n) is 24.8. The lowest BCUT2D eigenvalue weighted by molar-refractivity contribution is -0.273. The lowest BCUT2D eigenvalue weighted by atomic mass is 9.91. The molecule has 0 saturated carbocycles. The average Bonchev–Trinajstić information content (AvgIpc) is 3.07. The van der Waals surface area contributed by atoms with Gasteiger partial charge in [-0.05, 0) is 28.7 Å². The quantitative estimate of drug-likeness (QED) is 0.156. The maximum absolute atomic E-state index is 11.7. The smallest absolute Gasteiger partial charge is 0.303 e. The van der Waals surface area contributed by atoms with Crippen molar-refractivity contribution in [1.82, 2.24) is 0 Å². The molecular weight excluding hydrogens is 556 g/mol. The van der Waals surface area contributed by atoms with E-state index in [1.165, 1.54) is 0 Å². The largest absolute Gasteiger partial charge is 0.481 e. The monoisotopic (exact) mass is 596 g/mol. The third-order valence-electron chi connectivity index (χ3n) is 7.62. The molecule has 4 aromatic carbocycles. The van der Waals surface area contributed by atoms with Crippen LogP contribution in [0.3, 0.4) is 0 Å². The minimum atomic E-state index is -0.892. The van der Waals surface area contributed by atoms with E-state index in [4.69, 9.17) is 23.7 Å². The molecule has 1 saturated heterocycles. The van der Waals surface area contributed by atoms with Crippen molar-refractivity contribution >= 4 is 5.97 Å². The molecule has 1 N–H and O–H groups in total. The zero-order valence-corrected chi connectivity index (χ0v) is 24.8. The van der Waals surface area contributed by atoms with Crippen LogP contribution in [0.2, 0.25) is 0 Å². The second kappa shape index (κ2) is 16.9. The number of benzene rings is 4. The van der Waals surface area contributed by atoms with Crippen LogP contribution in [0, 0.1) is 0 Å². The van der Waals surface area contributed by atoms with Gasteiger partial charge in [0.05, 0.1) is 39.1 Å². The van der Waals surface area contributed by atoms with Crippen molar-refractivity contribution in [1.29, 1.82) is 0 Å². The second-order valence-corrected chi connectivity index (χ2v) is 10.9. The van der Waals surface area contributed by atoms with E-state index in [0.717, 1.165) is 22.3 Å². The molecule has 5 atom stereocenters. The van der Waals surface area contributed by atoms with Gasteiger partial charge in [0.2, 0.25) is 0 Å². The summed E-state index contributed by atoms with van der Waals surface area (Å²) in [5, 5.41) is 9.57. The van der Waals surface area contributed by atoms with Crippen molar-refractivity contribution in [3.05, 3.63) is 144 Å². The van der Waals surface area contributed by atoms with Gasteiger partial charge >= 0.3 is 5.97 Å². The van der Waals surface area contributed by atoms with Gasteiger partial charge in [-0.15, -0.1) is 0 Å². The summed E-state index contributed by atoms with van der Waals surface area (Å²) in [5.41, 5.74) is 4.09. The van der Waals surface area contributed by atoms with Gasteiger partial charge in [0, 0.05) is 6.42 Å². The van der Waals surface area contributed by atoms with Gasteiger partial charge in [0.25, 0.3) is 0 Å². The number of hydrogen-bond donors (Lipinski definition) is 1. The maximum atomic E-state index is 11.7. The Hall–Kier alpha value is -3.85. The summed E-state index contributed by atoms with van der Waals surface area (Å²) in [5.74, 6) is -0.892. The molecule has 4 aromatic rings. The first-order chi connectivity index (χ1) is 21.7. The van der Waals surface area contributed by atoms with E-state index in [-0.39, 0.29) is 19.4 Å². The van der Waals surface area contributed by atoms with Crippen LogP contribution in [0.15, 0.2) is 121 Å². The molecule has 1 heterocycles. The van der Waals surface area contributed by atoms with E-state index < -0.39 is 36.5 Å². The van der Waals surface area contributed by atoms with Crippen molar-refractivity contribution in [3.8, 4) is 0 Å². The SMILES string of the molecule is O=C(O)CC[C@@H]1O[C@H](COCc2ccccc2)[C@@H](OCc2ccccc2)[C@H](OCc2ccccc2)[C@H]1OCc1ccccc1. The van der Waals surface area contributed by atoms with E-state index in [1.807, 2.05) is 121 Å². The zero-order chi connectivity index (χ0) is 30.4. The van der Waals surface area contributed by atoms with Crippen molar-refractivity contribution in [2.24, 2.45) is 0 Å². The molecule has 7 nitrogen and oxygen atoms in total. The van der Waals surface area contributed by atoms with Crippen molar-refractivity contribution < 1.29 is 33.6 Å². The minimum absolute atomic E-state index is 0.0611. The number of aliphatic carboxylic acids is 1. The Kier molecular flexibility index (Phi) is 12.1. The molecule has 0 aromatic heterocycles. The normalized spacial score (nSPS) is 21.6. The van der Waals surface area contributed by atoms with Gasteiger partial charge in [-0.25, -0.2) is 0 Å². The van der Waals surface area contributed by atoms with Gasteiger partial charge in [-0.1, -0.05) is 121 Å². The van der Waals surface area contributed by atoms with E-state index in [1.54, 1.807) is 0 Å². The van der Waals surface area contributed by atoms with Crippen LogP contribution in [0.4, 0.5) is 0 Å². The van der Waals surface area contributed by atoms with E-state index in [0.29, 0.717) is 26.4 Å². The lowest BCUT2D eigenvalue weighted by Gasteiger charge is -2.46. The molecule has 1 fully saturated rings. The molecule has 230 valence electrons. The molecule has 0 spiro atoms. The fraction of sp³-hybridized carbons (Fsp3) is 0.324. The summed E-state index contributed by atoms with van der Waals surface area (Å²) in [4.78, 5) is 11.7. The van der Waals surface area contributed by atoms with Crippen LogP contribution in [-0.2, 0) is 54.9 Å². The van der Waals surface area contributed by atoms with E-state index >= 15 is 0 Å². The molecule has 0 aliphatic carbocycles. The lowest BCUT2D eigenvalue weighted by Crippen LogP contribution is -2.61. The standard InChI is InChI=1S/C37H40O7/c38-34(39)22-21-32-35(41-24-29-15-7-2-8-16-29)37(43-26-31-19-11-4-12-20-31)36(42-25-30-17-9-3-10-18-30)33(44-32)27-40-23-28-13-5-1-6-14-28/h1-20,32-33,35-37H,21-27H2,(H,38,39)/t32-,33+,35-,36+,37+/m0/s1. The molecule has 0 amide bonds. The molecule has 0 unspecified atom stereocenters. The van der Waals surface area contributed by atoms with E-state index in [9.17, 15) is 9.90 Å². The predicted octanol–water partition coefficient (Wildman–Crippen LogP) is 6.59. The van der Waals surface area contributed by atoms with Gasteiger partial charge in [0.1, 0.15) is 24.4 Å². The van der Waals surface area contributed by atoms with Crippen LogP contribution in [-0.4, -0.2) is 48.2 Å².